The van der Waals surface area contributed by atoms with Crippen molar-refractivity contribution in [1.29, 1.82) is 0 Å². The topological polar surface area (TPSA) is 124 Å². The highest BCUT2D eigenvalue weighted by Crippen LogP contribution is 2.37. The van der Waals surface area contributed by atoms with Crippen molar-refractivity contribution in [3.8, 4) is 23.0 Å². The number of rotatable bonds is 13. The van der Waals surface area contributed by atoms with Crippen LogP contribution in [0.5, 0.6) is 23.0 Å². The number of esters is 2. The molecule has 4 rings (SSSR count). The Morgan fingerprint density at radius 3 is 2.39 bits per heavy atom. The van der Waals surface area contributed by atoms with Gasteiger partial charge in [0.2, 0.25) is 0 Å². The van der Waals surface area contributed by atoms with Gasteiger partial charge in [-0.25, -0.2) is 14.6 Å². The third-order valence-electron chi connectivity index (χ3n) is 6.66. The summed E-state index contributed by atoms with van der Waals surface area (Å²) in [6.07, 6.45) is 1.74. The average molecular weight is 765 g/mol. The summed E-state index contributed by atoms with van der Waals surface area (Å²) in [5.74, 6) is 0.751. The van der Waals surface area contributed by atoms with Crippen LogP contribution in [0, 0.1) is 3.57 Å². The number of nitrogens with zero attached hydrogens (tertiary/aromatic N) is 2. The van der Waals surface area contributed by atoms with Gasteiger partial charge in [-0.3, -0.25) is 9.36 Å². The van der Waals surface area contributed by atoms with Gasteiger partial charge in [0.15, 0.2) is 34.4 Å². The first-order valence-electron chi connectivity index (χ1n) is 14.8. The highest BCUT2D eigenvalue weighted by Gasteiger charge is 2.34. The van der Waals surface area contributed by atoms with E-state index in [1.54, 1.807) is 38.1 Å². The molecule has 46 heavy (non-hydrogen) atoms. The molecule has 0 fully saturated rings. The normalized spacial score (nSPS) is 14.5. The van der Waals surface area contributed by atoms with Crippen LogP contribution in [0.4, 0.5) is 0 Å². The summed E-state index contributed by atoms with van der Waals surface area (Å²) in [6.45, 7) is 11.6. The number of fused-ring (bicyclic) bond motifs is 1. The van der Waals surface area contributed by atoms with Crippen molar-refractivity contribution in [2.75, 3.05) is 33.5 Å². The Morgan fingerprint density at radius 2 is 1.74 bits per heavy atom. The van der Waals surface area contributed by atoms with E-state index in [2.05, 4.69) is 32.3 Å². The maximum atomic E-state index is 14.2. The molecule has 0 N–H and O–H groups in total. The van der Waals surface area contributed by atoms with Crippen molar-refractivity contribution in [1.82, 2.24) is 4.57 Å². The summed E-state index contributed by atoms with van der Waals surface area (Å²) in [5.41, 5.74) is 1.65. The molecule has 2 aromatic carbocycles. The summed E-state index contributed by atoms with van der Waals surface area (Å²) in [4.78, 5) is 44.3. The maximum absolute atomic E-state index is 14.2. The van der Waals surface area contributed by atoms with E-state index >= 15 is 0 Å². The quantitative estimate of drug-likeness (QED) is 0.182. The lowest BCUT2D eigenvalue weighted by Gasteiger charge is -2.25. The lowest BCUT2D eigenvalue weighted by molar-refractivity contribution is -0.143. The van der Waals surface area contributed by atoms with Crippen molar-refractivity contribution in [3.63, 3.8) is 0 Å². The summed E-state index contributed by atoms with van der Waals surface area (Å²) >= 11 is 3.42. The minimum atomic E-state index is -0.868. The van der Waals surface area contributed by atoms with Gasteiger partial charge in [-0.2, -0.15) is 0 Å². The number of carbonyl (C=O) groups excluding carboxylic acids is 2. The molecule has 0 spiro atoms. The predicted octanol–water partition coefficient (Wildman–Crippen LogP) is 4.54. The van der Waals surface area contributed by atoms with E-state index in [4.69, 9.17) is 23.7 Å². The zero-order valence-corrected chi connectivity index (χ0v) is 29.8. The highest BCUT2D eigenvalue weighted by molar-refractivity contribution is 14.1. The number of allylic oxidation sites excluding steroid dienone is 1. The first-order chi connectivity index (χ1) is 22.0. The van der Waals surface area contributed by atoms with Gasteiger partial charge in [-0.05, 0) is 106 Å². The van der Waals surface area contributed by atoms with Crippen LogP contribution in [-0.2, 0) is 19.1 Å². The van der Waals surface area contributed by atoms with Gasteiger partial charge in [0.05, 0.1) is 58.4 Å². The number of halogens is 1. The molecule has 0 aliphatic carbocycles. The molecule has 0 unspecified atom stereocenters. The van der Waals surface area contributed by atoms with Crippen LogP contribution in [0.2, 0.25) is 0 Å². The van der Waals surface area contributed by atoms with Gasteiger partial charge in [0, 0.05) is 0 Å². The fourth-order valence-corrected chi connectivity index (χ4v) is 6.62. The monoisotopic (exact) mass is 764 g/mol. The minimum Gasteiger partial charge on any atom is -0.490 e. The van der Waals surface area contributed by atoms with Crippen molar-refractivity contribution in [3.05, 3.63) is 76.0 Å². The molecule has 1 aliphatic heterocycles. The summed E-state index contributed by atoms with van der Waals surface area (Å²) in [6, 6.07) is 7.95. The number of carbonyl (C=O) groups is 2. The molecule has 1 atom stereocenters. The Kier molecular flexibility index (Phi) is 11.9. The number of hydrogen-bond donors (Lipinski definition) is 0. The second kappa shape index (κ2) is 15.6. The molecule has 11 nitrogen and oxygen atoms in total. The summed E-state index contributed by atoms with van der Waals surface area (Å²) in [7, 11) is 1.27. The van der Waals surface area contributed by atoms with Crippen LogP contribution in [0.15, 0.2) is 51.4 Å². The van der Waals surface area contributed by atoms with E-state index in [1.807, 2.05) is 39.8 Å². The number of ether oxygens (including phenoxy) is 6. The van der Waals surface area contributed by atoms with E-state index in [0.717, 1.165) is 9.13 Å². The number of benzene rings is 2. The predicted molar refractivity (Wildman–Crippen MR) is 182 cm³/mol. The SMILES string of the molecule is CCOC(=O)C1=C(C)N=c2s/c(=C/c3cc(I)c(OC(C)C)c(OCC)c3)c(=O)n2[C@@H]1c1ccc(OCC(=O)OC)c(OCC)c1. The molecule has 13 heteroatoms. The molecule has 0 radical (unpaired) electrons. The Balaban J connectivity index is 1.90. The Labute approximate surface area is 284 Å². The highest BCUT2D eigenvalue weighted by atomic mass is 127. The van der Waals surface area contributed by atoms with Crippen molar-refractivity contribution < 1.29 is 38.0 Å². The zero-order valence-electron chi connectivity index (χ0n) is 26.8. The van der Waals surface area contributed by atoms with Crippen LogP contribution in [0.1, 0.15) is 58.7 Å². The van der Waals surface area contributed by atoms with E-state index in [0.29, 0.717) is 56.8 Å². The van der Waals surface area contributed by atoms with E-state index in [1.165, 1.54) is 23.0 Å². The van der Waals surface area contributed by atoms with Gasteiger partial charge >= 0.3 is 11.9 Å². The Bertz CT molecular complexity index is 1830. The van der Waals surface area contributed by atoms with E-state index in [-0.39, 0.29) is 30.5 Å². The number of thiazole rings is 1. The Hall–Kier alpha value is -3.85. The molecule has 1 aliphatic rings. The fourth-order valence-electron chi connectivity index (χ4n) is 4.82. The maximum Gasteiger partial charge on any atom is 0.343 e. The fraction of sp³-hybridized carbons (Fsp3) is 0.394. The lowest BCUT2D eigenvalue weighted by atomic mass is 9.95. The van der Waals surface area contributed by atoms with Crippen molar-refractivity contribution in [2.45, 2.75) is 53.7 Å². The van der Waals surface area contributed by atoms with Crippen molar-refractivity contribution >= 4 is 51.9 Å². The second-order valence-electron chi connectivity index (χ2n) is 10.2. The molecular weight excluding hydrogens is 727 g/mol. The Morgan fingerprint density at radius 1 is 1.02 bits per heavy atom. The standard InChI is InChI=1S/C33H37IN2O9S/c1-8-41-24-16-21(11-12-23(24)44-17-27(37)40-7)29-28(32(39)43-10-3)19(6)35-33-36(29)31(38)26(46-33)15-20-13-22(34)30(45-18(4)5)25(14-20)42-9-2/h11-16,18,29H,8-10,17H2,1-7H3/b26-15+/t29-/m1/s1. The molecule has 3 aromatic rings. The molecule has 0 amide bonds. The molecule has 1 aromatic heterocycles. The van der Waals surface area contributed by atoms with Crippen LogP contribution >= 0.6 is 33.9 Å². The largest absolute Gasteiger partial charge is 0.490 e. The van der Waals surface area contributed by atoms with Crippen molar-refractivity contribution in [2.24, 2.45) is 4.99 Å². The van der Waals surface area contributed by atoms with Crippen LogP contribution in [-0.4, -0.2) is 56.1 Å². The van der Waals surface area contributed by atoms with Gasteiger partial charge in [-0.15, -0.1) is 0 Å². The minimum absolute atomic E-state index is 0.0455. The van der Waals surface area contributed by atoms with Gasteiger partial charge in [0.1, 0.15) is 0 Å². The smallest absolute Gasteiger partial charge is 0.343 e. The number of aromatic nitrogens is 1. The van der Waals surface area contributed by atoms with Crippen LogP contribution in [0.3, 0.4) is 0 Å². The molecule has 0 saturated heterocycles. The van der Waals surface area contributed by atoms with E-state index < -0.39 is 18.0 Å². The average Bonchev–Trinajstić information content (AvgIpc) is 3.31. The van der Waals surface area contributed by atoms with Gasteiger partial charge in [-0.1, -0.05) is 17.4 Å². The third kappa shape index (κ3) is 7.74. The lowest BCUT2D eigenvalue weighted by Crippen LogP contribution is -2.40. The summed E-state index contributed by atoms with van der Waals surface area (Å²) < 4.78 is 36.2. The first-order valence-corrected chi connectivity index (χ1v) is 16.7. The van der Waals surface area contributed by atoms with Crippen LogP contribution in [0.25, 0.3) is 6.08 Å². The number of hydrogen-bond acceptors (Lipinski definition) is 11. The first kappa shape index (κ1) is 35.0. The molecule has 0 bridgehead atoms. The molecular formula is C33H37IN2O9S. The van der Waals surface area contributed by atoms with Gasteiger partial charge in [0.25, 0.3) is 5.56 Å². The van der Waals surface area contributed by atoms with Gasteiger partial charge < -0.3 is 28.4 Å². The molecule has 2 heterocycles. The zero-order chi connectivity index (χ0) is 33.5. The summed E-state index contributed by atoms with van der Waals surface area (Å²) in [5, 5.41) is 0. The second-order valence-corrected chi connectivity index (χ2v) is 12.4. The number of methoxy groups -OCH3 is 1. The van der Waals surface area contributed by atoms with E-state index in [9.17, 15) is 14.4 Å². The van der Waals surface area contributed by atoms with Crippen LogP contribution < -0.4 is 33.8 Å². The molecule has 0 saturated carbocycles. The molecule has 246 valence electrons. The third-order valence-corrected chi connectivity index (χ3v) is 8.44.